The van der Waals surface area contributed by atoms with E-state index >= 15 is 0 Å². The van der Waals surface area contributed by atoms with Gasteiger partial charge in [-0.15, -0.1) is 11.6 Å². The zero-order valence-corrected chi connectivity index (χ0v) is 11.6. The first kappa shape index (κ1) is 14.7. The lowest BCUT2D eigenvalue weighted by molar-refractivity contribution is -0.142. The van der Waals surface area contributed by atoms with Crippen LogP contribution >= 0.6 is 11.6 Å². The molecule has 1 rings (SSSR count). The van der Waals surface area contributed by atoms with Crippen LogP contribution in [0.3, 0.4) is 0 Å². The zero-order chi connectivity index (χ0) is 13.7. The maximum atomic E-state index is 11.8. The van der Waals surface area contributed by atoms with Gasteiger partial charge in [-0.2, -0.15) is 0 Å². The van der Waals surface area contributed by atoms with Crippen molar-refractivity contribution in [2.24, 2.45) is 0 Å². The van der Waals surface area contributed by atoms with Crippen LogP contribution in [0.1, 0.15) is 35.3 Å². The van der Waals surface area contributed by atoms with E-state index < -0.39 is 5.38 Å². The molecule has 0 spiro atoms. The van der Waals surface area contributed by atoms with Crippen molar-refractivity contribution in [2.45, 2.75) is 32.6 Å². The van der Waals surface area contributed by atoms with Crippen LogP contribution in [-0.2, 0) is 16.0 Å². The molecular weight excluding hydrogens is 252 g/mol. The summed E-state index contributed by atoms with van der Waals surface area (Å²) in [6, 6.07) is 5.30. The van der Waals surface area contributed by atoms with Crippen molar-refractivity contribution < 1.29 is 14.3 Å². The monoisotopic (exact) mass is 268 g/mol. The number of Topliss-reactive ketones (excluding diaryl/α,β-unsaturated/α-hetero) is 1. The summed E-state index contributed by atoms with van der Waals surface area (Å²) in [4.78, 5) is 23.1. The Morgan fingerprint density at radius 2 is 2.06 bits per heavy atom. The Hall–Kier alpha value is -1.35. The number of ether oxygens (including phenoxy) is 1. The number of ketones is 1. The summed E-state index contributed by atoms with van der Waals surface area (Å²) < 4.78 is 4.87. The van der Waals surface area contributed by atoms with Gasteiger partial charge in [0.05, 0.1) is 18.4 Å². The van der Waals surface area contributed by atoms with Crippen molar-refractivity contribution in [2.75, 3.05) is 6.61 Å². The van der Waals surface area contributed by atoms with Crippen molar-refractivity contribution in [1.82, 2.24) is 0 Å². The van der Waals surface area contributed by atoms with E-state index in [0.717, 1.165) is 11.1 Å². The number of carbonyl (C=O) groups excluding carboxylic acids is 2. The molecule has 0 radical (unpaired) electrons. The van der Waals surface area contributed by atoms with Gasteiger partial charge >= 0.3 is 5.97 Å². The molecule has 0 fully saturated rings. The molecule has 3 nitrogen and oxygen atoms in total. The number of aryl methyl sites for hydroxylation is 1. The second-order valence-corrected chi connectivity index (χ2v) is 4.77. The van der Waals surface area contributed by atoms with Crippen LogP contribution in [0.5, 0.6) is 0 Å². The van der Waals surface area contributed by atoms with Crippen molar-refractivity contribution in [3.05, 3.63) is 34.9 Å². The van der Waals surface area contributed by atoms with Gasteiger partial charge in [0.2, 0.25) is 0 Å². The Morgan fingerprint density at radius 1 is 1.39 bits per heavy atom. The van der Waals surface area contributed by atoms with E-state index in [2.05, 4.69) is 0 Å². The van der Waals surface area contributed by atoms with Crippen LogP contribution in [0.2, 0.25) is 0 Å². The lowest BCUT2D eigenvalue weighted by Crippen LogP contribution is -2.13. The molecular formula is C14H17ClO3. The van der Waals surface area contributed by atoms with Crippen molar-refractivity contribution in [3.63, 3.8) is 0 Å². The Morgan fingerprint density at radius 3 is 2.56 bits per heavy atom. The van der Waals surface area contributed by atoms with E-state index in [1.807, 2.05) is 13.0 Å². The highest BCUT2D eigenvalue weighted by molar-refractivity contribution is 6.33. The molecule has 0 amide bonds. The first-order valence-corrected chi connectivity index (χ1v) is 6.32. The molecule has 1 atom stereocenters. The highest BCUT2D eigenvalue weighted by atomic mass is 35.5. The number of esters is 1. The van der Waals surface area contributed by atoms with Gasteiger partial charge in [-0.3, -0.25) is 9.59 Å². The normalized spacial score (nSPS) is 12.0. The Labute approximate surface area is 112 Å². The van der Waals surface area contributed by atoms with Crippen LogP contribution in [0.15, 0.2) is 18.2 Å². The fourth-order valence-corrected chi connectivity index (χ4v) is 1.82. The maximum absolute atomic E-state index is 11.8. The number of hydrogen-bond donors (Lipinski definition) is 0. The molecule has 1 aromatic carbocycles. The molecule has 0 aliphatic carbocycles. The summed E-state index contributed by atoms with van der Waals surface area (Å²) in [5, 5.41) is -0.542. The fourth-order valence-electron chi connectivity index (χ4n) is 1.71. The minimum Gasteiger partial charge on any atom is -0.466 e. The summed E-state index contributed by atoms with van der Waals surface area (Å²) in [7, 11) is 0. The van der Waals surface area contributed by atoms with Crippen molar-refractivity contribution in [1.29, 1.82) is 0 Å². The van der Waals surface area contributed by atoms with E-state index in [9.17, 15) is 9.59 Å². The number of halogens is 1. The lowest BCUT2D eigenvalue weighted by Gasteiger charge is -2.09. The number of hydrogen-bond acceptors (Lipinski definition) is 3. The topological polar surface area (TPSA) is 43.4 Å². The van der Waals surface area contributed by atoms with Gasteiger partial charge in [0.1, 0.15) is 0 Å². The Balaban J connectivity index is 2.86. The molecule has 0 aliphatic rings. The Kier molecular flexibility index (Phi) is 5.35. The van der Waals surface area contributed by atoms with Crippen LogP contribution in [-0.4, -0.2) is 23.7 Å². The molecule has 0 saturated carbocycles. The second kappa shape index (κ2) is 6.55. The third kappa shape index (κ3) is 3.84. The van der Waals surface area contributed by atoms with Crippen molar-refractivity contribution in [3.8, 4) is 0 Å². The predicted octanol–water partition coefficient (Wildman–Crippen LogP) is 2.91. The molecule has 0 aromatic heterocycles. The van der Waals surface area contributed by atoms with Gasteiger partial charge in [-0.1, -0.05) is 18.2 Å². The highest BCUT2D eigenvalue weighted by Crippen LogP contribution is 2.16. The summed E-state index contributed by atoms with van der Waals surface area (Å²) in [6.07, 6.45) is 0.222. The number of carbonyl (C=O) groups is 2. The van der Waals surface area contributed by atoms with E-state index in [0.29, 0.717) is 12.2 Å². The lowest BCUT2D eigenvalue weighted by atomic mass is 9.99. The molecule has 98 valence electrons. The third-order valence-electron chi connectivity index (χ3n) is 2.57. The molecule has 0 aliphatic heterocycles. The van der Waals surface area contributed by atoms with Gasteiger partial charge in [0.25, 0.3) is 0 Å². The van der Waals surface area contributed by atoms with Gasteiger partial charge in [-0.25, -0.2) is 0 Å². The first-order chi connectivity index (χ1) is 8.45. The quantitative estimate of drug-likeness (QED) is 0.468. The standard InChI is InChI=1S/C14H17ClO3/c1-4-18-13(16)8-11-5-6-12(9(2)7-11)14(17)10(3)15/h5-7,10H,4,8H2,1-3H3. The molecule has 0 bridgehead atoms. The van der Waals surface area contributed by atoms with E-state index in [-0.39, 0.29) is 18.2 Å². The van der Waals surface area contributed by atoms with Crippen molar-refractivity contribution >= 4 is 23.4 Å². The largest absolute Gasteiger partial charge is 0.466 e. The minimum atomic E-state index is -0.542. The Bertz CT molecular complexity index is 452. The van der Waals surface area contributed by atoms with E-state index in [1.165, 1.54) is 0 Å². The van der Waals surface area contributed by atoms with Crippen LogP contribution in [0.25, 0.3) is 0 Å². The first-order valence-electron chi connectivity index (χ1n) is 5.89. The molecule has 1 aromatic rings. The smallest absolute Gasteiger partial charge is 0.310 e. The van der Waals surface area contributed by atoms with Gasteiger partial charge < -0.3 is 4.74 Å². The number of rotatable bonds is 5. The molecule has 0 saturated heterocycles. The van der Waals surface area contributed by atoms with E-state index in [4.69, 9.17) is 16.3 Å². The summed E-state index contributed by atoms with van der Waals surface area (Å²) in [5.74, 6) is -0.362. The van der Waals surface area contributed by atoms with Crippen LogP contribution in [0.4, 0.5) is 0 Å². The van der Waals surface area contributed by atoms with Gasteiger partial charge in [-0.05, 0) is 31.9 Å². The average molecular weight is 269 g/mol. The summed E-state index contributed by atoms with van der Waals surface area (Å²) in [6.45, 7) is 5.63. The molecule has 0 heterocycles. The summed E-state index contributed by atoms with van der Waals surface area (Å²) >= 11 is 5.78. The molecule has 1 unspecified atom stereocenters. The number of alkyl halides is 1. The maximum Gasteiger partial charge on any atom is 0.310 e. The minimum absolute atomic E-state index is 0.100. The molecule has 4 heteroatoms. The summed E-state index contributed by atoms with van der Waals surface area (Å²) in [5.41, 5.74) is 2.27. The highest BCUT2D eigenvalue weighted by Gasteiger charge is 2.15. The third-order valence-corrected chi connectivity index (χ3v) is 2.77. The van der Waals surface area contributed by atoms with Crippen LogP contribution in [0, 0.1) is 6.92 Å². The van der Waals surface area contributed by atoms with Gasteiger partial charge in [0.15, 0.2) is 5.78 Å². The zero-order valence-electron chi connectivity index (χ0n) is 10.8. The average Bonchev–Trinajstić information content (AvgIpc) is 2.28. The van der Waals surface area contributed by atoms with Crippen LogP contribution < -0.4 is 0 Å². The second-order valence-electron chi connectivity index (χ2n) is 4.11. The molecule has 0 N–H and O–H groups in total. The predicted molar refractivity (Wildman–Crippen MR) is 71.2 cm³/mol. The van der Waals surface area contributed by atoms with Gasteiger partial charge in [0, 0.05) is 5.56 Å². The SMILES string of the molecule is CCOC(=O)Cc1ccc(C(=O)C(C)Cl)c(C)c1. The number of benzene rings is 1. The fraction of sp³-hybridized carbons (Fsp3) is 0.429. The molecule has 18 heavy (non-hydrogen) atoms. The van der Waals surface area contributed by atoms with E-state index in [1.54, 1.807) is 26.0 Å².